The molecule has 0 bridgehead atoms. The van der Waals surface area contributed by atoms with E-state index in [2.05, 4.69) is 25.3 Å². The molecule has 2 aromatic heterocycles. The lowest BCUT2D eigenvalue weighted by Gasteiger charge is -2.33. The predicted octanol–water partition coefficient (Wildman–Crippen LogP) is -0.169. The molecule has 1 aliphatic heterocycles. The summed E-state index contributed by atoms with van der Waals surface area (Å²) in [7, 11) is 1.52. The first kappa shape index (κ1) is 14.9. The first-order chi connectivity index (χ1) is 10.5. The summed E-state index contributed by atoms with van der Waals surface area (Å²) < 4.78 is 1.13. The van der Waals surface area contributed by atoms with Crippen molar-refractivity contribution in [3.8, 4) is 0 Å². The zero-order valence-electron chi connectivity index (χ0n) is 12.6. The number of rotatable bonds is 3. The smallest absolute Gasteiger partial charge is 0.333 e. The minimum atomic E-state index is -0.374. The van der Waals surface area contributed by atoms with Gasteiger partial charge >= 0.3 is 5.69 Å². The second-order valence-corrected chi connectivity index (χ2v) is 6.39. The van der Waals surface area contributed by atoms with Crippen LogP contribution in [-0.4, -0.2) is 61.6 Å². The second kappa shape index (κ2) is 6.01. The molecule has 1 amide bonds. The zero-order chi connectivity index (χ0) is 15.7. The summed E-state index contributed by atoms with van der Waals surface area (Å²) in [4.78, 5) is 34.6. The number of aryl methyl sites for hydroxylation is 2. The van der Waals surface area contributed by atoms with E-state index in [9.17, 15) is 9.59 Å². The van der Waals surface area contributed by atoms with Crippen LogP contribution in [0.1, 0.15) is 21.3 Å². The van der Waals surface area contributed by atoms with Crippen molar-refractivity contribution in [3.05, 3.63) is 32.4 Å². The van der Waals surface area contributed by atoms with Crippen LogP contribution in [0.2, 0.25) is 0 Å². The molecule has 1 aliphatic rings. The maximum Gasteiger partial charge on any atom is 0.343 e. The molecular formula is C13H18N6O2S. The number of H-pyrrole nitrogens is 1. The minimum absolute atomic E-state index is 0.107. The molecule has 1 N–H and O–H groups in total. The standard InChI is InChI=1S/C13H18N6O2S/c1-9-14-10(8-22-9)7-18-3-5-19(6-4-18)12(20)11-15-13(21)17(2)16-11/h8H,3-7H2,1-2H3,(H,15,16,21). The molecule has 22 heavy (non-hydrogen) atoms. The number of aromatic amines is 1. The topological polar surface area (TPSA) is 87.1 Å². The van der Waals surface area contributed by atoms with Gasteiger partial charge in [-0.1, -0.05) is 0 Å². The molecule has 0 aliphatic carbocycles. The van der Waals surface area contributed by atoms with Gasteiger partial charge in [-0.05, 0) is 6.92 Å². The molecule has 3 rings (SSSR count). The van der Waals surface area contributed by atoms with Crippen molar-refractivity contribution in [1.82, 2.24) is 29.5 Å². The minimum Gasteiger partial charge on any atom is -0.333 e. The van der Waals surface area contributed by atoms with Crippen LogP contribution < -0.4 is 5.69 Å². The molecule has 118 valence electrons. The highest BCUT2D eigenvalue weighted by molar-refractivity contribution is 7.09. The van der Waals surface area contributed by atoms with Crippen LogP contribution in [0.3, 0.4) is 0 Å². The number of nitrogens with zero attached hydrogens (tertiary/aromatic N) is 5. The molecule has 1 fully saturated rings. The van der Waals surface area contributed by atoms with Crippen molar-refractivity contribution in [1.29, 1.82) is 0 Å². The number of amides is 1. The van der Waals surface area contributed by atoms with Gasteiger partial charge in [-0.15, -0.1) is 16.4 Å². The van der Waals surface area contributed by atoms with E-state index in [4.69, 9.17) is 0 Å². The molecule has 0 saturated carbocycles. The molecule has 3 heterocycles. The molecular weight excluding hydrogens is 304 g/mol. The Morgan fingerprint density at radius 2 is 2.09 bits per heavy atom. The molecule has 2 aromatic rings. The molecule has 0 spiro atoms. The highest BCUT2D eigenvalue weighted by Gasteiger charge is 2.24. The number of hydrogen-bond donors (Lipinski definition) is 1. The van der Waals surface area contributed by atoms with Crippen LogP contribution in [-0.2, 0) is 13.6 Å². The van der Waals surface area contributed by atoms with Gasteiger partial charge in [0.25, 0.3) is 5.91 Å². The fourth-order valence-electron chi connectivity index (χ4n) is 2.47. The maximum atomic E-state index is 12.3. The lowest BCUT2D eigenvalue weighted by molar-refractivity contribution is 0.0615. The third-order valence-electron chi connectivity index (χ3n) is 3.68. The van der Waals surface area contributed by atoms with Crippen LogP contribution in [0.25, 0.3) is 0 Å². The van der Waals surface area contributed by atoms with Gasteiger partial charge in [0, 0.05) is 45.2 Å². The van der Waals surface area contributed by atoms with Gasteiger partial charge in [0.05, 0.1) is 10.7 Å². The van der Waals surface area contributed by atoms with E-state index in [0.717, 1.165) is 35.0 Å². The van der Waals surface area contributed by atoms with Gasteiger partial charge in [-0.2, -0.15) is 0 Å². The summed E-state index contributed by atoms with van der Waals surface area (Å²) in [5.41, 5.74) is 0.706. The number of carbonyl (C=O) groups is 1. The van der Waals surface area contributed by atoms with E-state index in [1.807, 2.05) is 6.92 Å². The fourth-order valence-corrected chi connectivity index (χ4v) is 3.07. The third kappa shape index (κ3) is 3.09. The monoisotopic (exact) mass is 322 g/mol. The Morgan fingerprint density at radius 1 is 1.36 bits per heavy atom. The SMILES string of the molecule is Cc1nc(CN2CCN(C(=O)c3nn(C)c(=O)[nH]3)CC2)cs1. The number of carbonyl (C=O) groups excluding carboxylic acids is 1. The summed E-state index contributed by atoms with van der Waals surface area (Å²) in [5, 5.41) is 7.06. The van der Waals surface area contributed by atoms with E-state index in [0.29, 0.717) is 13.1 Å². The molecule has 0 unspecified atom stereocenters. The first-order valence-electron chi connectivity index (χ1n) is 7.09. The highest BCUT2D eigenvalue weighted by atomic mass is 32.1. The molecule has 9 heteroatoms. The van der Waals surface area contributed by atoms with Crippen molar-refractivity contribution in [2.75, 3.05) is 26.2 Å². The van der Waals surface area contributed by atoms with Gasteiger partial charge in [0.15, 0.2) is 0 Å². The van der Waals surface area contributed by atoms with Crippen molar-refractivity contribution in [3.63, 3.8) is 0 Å². The van der Waals surface area contributed by atoms with Crippen LogP contribution in [0.4, 0.5) is 0 Å². The normalized spacial score (nSPS) is 16.2. The molecule has 8 nitrogen and oxygen atoms in total. The average molecular weight is 322 g/mol. The summed E-state index contributed by atoms with van der Waals surface area (Å²) in [6.45, 7) is 5.64. The lowest BCUT2D eigenvalue weighted by atomic mass is 10.3. The highest BCUT2D eigenvalue weighted by Crippen LogP contribution is 2.12. The van der Waals surface area contributed by atoms with Gasteiger partial charge in [0.1, 0.15) is 0 Å². The summed E-state index contributed by atoms with van der Waals surface area (Å²) in [5.74, 6) is -0.113. The Hall–Kier alpha value is -2.00. The van der Waals surface area contributed by atoms with E-state index >= 15 is 0 Å². The van der Waals surface area contributed by atoms with Crippen LogP contribution in [0.15, 0.2) is 10.2 Å². The number of nitrogens with one attached hydrogen (secondary N) is 1. The Labute approximate surface area is 131 Å². The quantitative estimate of drug-likeness (QED) is 0.848. The number of piperazine rings is 1. The van der Waals surface area contributed by atoms with Crippen molar-refractivity contribution in [2.45, 2.75) is 13.5 Å². The Kier molecular flexibility index (Phi) is 4.08. The van der Waals surface area contributed by atoms with Crippen LogP contribution in [0, 0.1) is 6.92 Å². The molecule has 1 saturated heterocycles. The Bertz CT molecular complexity index is 725. The summed E-state index contributed by atoms with van der Waals surface area (Å²) >= 11 is 1.65. The Balaban J connectivity index is 1.57. The summed E-state index contributed by atoms with van der Waals surface area (Å²) in [6.07, 6.45) is 0. The zero-order valence-corrected chi connectivity index (χ0v) is 13.4. The summed E-state index contributed by atoms with van der Waals surface area (Å²) in [6, 6.07) is 0. The maximum absolute atomic E-state index is 12.3. The van der Waals surface area contributed by atoms with Crippen molar-refractivity contribution >= 4 is 17.2 Å². The van der Waals surface area contributed by atoms with Gasteiger partial charge in [-0.3, -0.25) is 14.7 Å². The van der Waals surface area contributed by atoms with Gasteiger partial charge in [-0.25, -0.2) is 14.5 Å². The lowest BCUT2D eigenvalue weighted by Crippen LogP contribution is -2.48. The Morgan fingerprint density at radius 3 is 2.64 bits per heavy atom. The van der Waals surface area contributed by atoms with E-state index < -0.39 is 0 Å². The molecule has 0 radical (unpaired) electrons. The number of hydrogen-bond acceptors (Lipinski definition) is 6. The molecule has 0 atom stereocenters. The van der Waals surface area contributed by atoms with Crippen LogP contribution >= 0.6 is 11.3 Å². The van der Waals surface area contributed by atoms with E-state index in [-0.39, 0.29) is 17.4 Å². The van der Waals surface area contributed by atoms with Crippen LogP contribution in [0.5, 0.6) is 0 Å². The third-order valence-corrected chi connectivity index (χ3v) is 4.51. The van der Waals surface area contributed by atoms with E-state index in [1.54, 1.807) is 16.2 Å². The predicted molar refractivity (Wildman–Crippen MR) is 81.9 cm³/mol. The molecule has 0 aromatic carbocycles. The largest absolute Gasteiger partial charge is 0.343 e. The second-order valence-electron chi connectivity index (χ2n) is 5.33. The average Bonchev–Trinajstić information content (AvgIpc) is 3.05. The number of thiazole rings is 1. The van der Waals surface area contributed by atoms with Crippen molar-refractivity contribution in [2.24, 2.45) is 7.05 Å². The van der Waals surface area contributed by atoms with Gasteiger partial charge < -0.3 is 4.90 Å². The van der Waals surface area contributed by atoms with E-state index in [1.165, 1.54) is 7.05 Å². The fraction of sp³-hybridized carbons (Fsp3) is 0.538. The van der Waals surface area contributed by atoms with Crippen molar-refractivity contribution < 1.29 is 4.79 Å². The van der Waals surface area contributed by atoms with Gasteiger partial charge in [0.2, 0.25) is 5.82 Å². The first-order valence-corrected chi connectivity index (χ1v) is 7.97. The number of aromatic nitrogens is 4.